The Morgan fingerprint density at radius 1 is 1.41 bits per heavy atom. The molecule has 94 valence electrons. The molecule has 2 nitrogen and oxygen atoms in total. The Bertz CT molecular complexity index is 374. The smallest absolute Gasteiger partial charge is 0.0231 e. The monoisotopic (exact) mass is 296 g/mol. The quantitative estimate of drug-likeness (QED) is 0.874. The maximum atomic E-state index is 5.68. The van der Waals surface area contributed by atoms with E-state index in [0.29, 0.717) is 5.41 Å². The molecule has 3 heteroatoms. The van der Waals surface area contributed by atoms with E-state index in [4.69, 9.17) is 5.73 Å². The summed E-state index contributed by atoms with van der Waals surface area (Å²) in [5, 5.41) is 0. The summed E-state index contributed by atoms with van der Waals surface area (Å²) in [5.41, 5.74) is 7.58. The lowest BCUT2D eigenvalue weighted by Gasteiger charge is -2.23. The van der Waals surface area contributed by atoms with Crippen LogP contribution in [-0.4, -0.2) is 25.0 Å². The predicted molar refractivity (Wildman–Crippen MR) is 75.8 cm³/mol. The molecule has 1 aliphatic carbocycles. The van der Waals surface area contributed by atoms with Crippen molar-refractivity contribution in [1.29, 1.82) is 0 Å². The second-order valence-corrected chi connectivity index (χ2v) is 6.26. The molecule has 0 spiro atoms. The SMILES string of the molecule is CN(Cc1cccc(Br)c1)CC1(CCN)CC1. The van der Waals surface area contributed by atoms with Gasteiger partial charge in [0.25, 0.3) is 0 Å². The van der Waals surface area contributed by atoms with Gasteiger partial charge in [-0.05, 0) is 56.0 Å². The molecule has 1 aromatic carbocycles. The molecular formula is C14H21BrN2. The third-order valence-corrected chi connectivity index (χ3v) is 4.07. The van der Waals surface area contributed by atoms with Crippen LogP contribution in [0.15, 0.2) is 28.7 Å². The molecule has 1 saturated carbocycles. The lowest BCUT2D eigenvalue weighted by Crippen LogP contribution is -2.27. The molecule has 0 unspecified atom stereocenters. The van der Waals surface area contributed by atoms with Crippen molar-refractivity contribution in [2.45, 2.75) is 25.8 Å². The average molecular weight is 297 g/mol. The van der Waals surface area contributed by atoms with E-state index >= 15 is 0 Å². The zero-order valence-corrected chi connectivity index (χ0v) is 12.0. The van der Waals surface area contributed by atoms with Crippen LogP contribution in [0.3, 0.4) is 0 Å². The van der Waals surface area contributed by atoms with Crippen LogP contribution in [0.4, 0.5) is 0 Å². The Kier molecular flexibility index (Phi) is 4.23. The van der Waals surface area contributed by atoms with Crippen molar-refractivity contribution in [2.24, 2.45) is 11.1 Å². The first-order valence-corrected chi connectivity index (χ1v) is 7.06. The van der Waals surface area contributed by atoms with Crippen molar-refractivity contribution in [3.05, 3.63) is 34.3 Å². The third-order valence-electron chi connectivity index (χ3n) is 3.58. The summed E-state index contributed by atoms with van der Waals surface area (Å²) in [5.74, 6) is 0. The maximum absolute atomic E-state index is 5.68. The number of hydrogen-bond donors (Lipinski definition) is 1. The number of benzene rings is 1. The highest BCUT2D eigenvalue weighted by molar-refractivity contribution is 9.10. The Labute approximate surface area is 112 Å². The van der Waals surface area contributed by atoms with E-state index in [1.807, 2.05) is 0 Å². The molecule has 0 heterocycles. The second kappa shape index (κ2) is 5.51. The number of nitrogens with zero attached hydrogens (tertiary/aromatic N) is 1. The molecule has 1 aromatic rings. The van der Waals surface area contributed by atoms with Crippen molar-refractivity contribution in [1.82, 2.24) is 4.90 Å². The first-order chi connectivity index (χ1) is 8.13. The van der Waals surface area contributed by atoms with Gasteiger partial charge in [-0.1, -0.05) is 28.1 Å². The molecule has 0 saturated heterocycles. The van der Waals surface area contributed by atoms with E-state index in [1.165, 1.54) is 31.4 Å². The molecule has 0 bridgehead atoms. The van der Waals surface area contributed by atoms with Gasteiger partial charge in [0.05, 0.1) is 0 Å². The number of halogens is 1. The summed E-state index contributed by atoms with van der Waals surface area (Å²) < 4.78 is 1.16. The highest BCUT2D eigenvalue weighted by Gasteiger charge is 2.42. The number of nitrogens with two attached hydrogens (primary N) is 1. The van der Waals surface area contributed by atoms with E-state index in [1.54, 1.807) is 0 Å². The van der Waals surface area contributed by atoms with Crippen LogP contribution in [0.5, 0.6) is 0 Å². The topological polar surface area (TPSA) is 29.3 Å². The molecule has 0 amide bonds. The van der Waals surface area contributed by atoms with Gasteiger partial charge in [-0.25, -0.2) is 0 Å². The summed E-state index contributed by atoms with van der Waals surface area (Å²) >= 11 is 3.52. The Balaban J connectivity index is 1.87. The lowest BCUT2D eigenvalue weighted by molar-refractivity contribution is 0.248. The normalized spacial score (nSPS) is 17.4. The van der Waals surface area contributed by atoms with Crippen molar-refractivity contribution in [3.8, 4) is 0 Å². The molecule has 0 radical (unpaired) electrons. The summed E-state index contributed by atoms with van der Waals surface area (Å²) in [6, 6.07) is 8.54. The first kappa shape index (κ1) is 13.1. The molecule has 2 rings (SSSR count). The molecule has 0 aliphatic heterocycles. The van der Waals surface area contributed by atoms with Crippen LogP contribution in [0, 0.1) is 5.41 Å². The fourth-order valence-corrected chi connectivity index (χ4v) is 2.99. The lowest BCUT2D eigenvalue weighted by atomic mass is 10.0. The number of rotatable bonds is 6. The largest absolute Gasteiger partial charge is 0.330 e. The molecule has 17 heavy (non-hydrogen) atoms. The van der Waals surface area contributed by atoms with E-state index in [2.05, 4.69) is 52.1 Å². The summed E-state index contributed by atoms with van der Waals surface area (Å²) in [6.45, 7) is 3.02. The Morgan fingerprint density at radius 3 is 2.76 bits per heavy atom. The molecule has 0 aromatic heterocycles. The fraction of sp³-hybridized carbons (Fsp3) is 0.571. The fourth-order valence-electron chi connectivity index (χ4n) is 2.55. The van der Waals surface area contributed by atoms with Crippen LogP contribution in [-0.2, 0) is 6.54 Å². The minimum absolute atomic E-state index is 0.537. The van der Waals surface area contributed by atoms with Gasteiger partial charge < -0.3 is 10.6 Å². The van der Waals surface area contributed by atoms with Crippen LogP contribution in [0.25, 0.3) is 0 Å². The third kappa shape index (κ3) is 3.80. The molecule has 1 fully saturated rings. The minimum Gasteiger partial charge on any atom is -0.330 e. The zero-order chi connectivity index (χ0) is 12.3. The van der Waals surface area contributed by atoms with Crippen molar-refractivity contribution in [3.63, 3.8) is 0 Å². The van der Waals surface area contributed by atoms with Crippen LogP contribution >= 0.6 is 15.9 Å². The van der Waals surface area contributed by atoms with E-state index in [9.17, 15) is 0 Å². The molecule has 0 atom stereocenters. The van der Waals surface area contributed by atoms with Gasteiger partial charge in [-0.3, -0.25) is 0 Å². The molecule has 1 aliphatic rings. The second-order valence-electron chi connectivity index (χ2n) is 5.34. The number of hydrogen-bond acceptors (Lipinski definition) is 2. The van der Waals surface area contributed by atoms with E-state index in [-0.39, 0.29) is 0 Å². The summed E-state index contributed by atoms with van der Waals surface area (Å²) in [4.78, 5) is 2.42. The first-order valence-electron chi connectivity index (χ1n) is 6.27. The van der Waals surface area contributed by atoms with Gasteiger partial charge in [-0.15, -0.1) is 0 Å². The van der Waals surface area contributed by atoms with Gasteiger partial charge in [0.1, 0.15) is 0 Å². The average Bonchev–Trinajstić information content (AvgIpc) is 2.97. The van der Waals surface area contributed by atoms with Crippen molar-refractivity contribution >= 4 is 15.9 Å². The maximum Gasteiger partial charge on any atom is 0.0231 e. The van der Waals surface area contributed by atoms with Crippen LogP contribution in [0.1, 0.15) is 24.8 Å². The van der Waals surface area contributed by atoms with Crippen LogP contribution in [0.2, 0.25) is 0 Å². The van der Waals surface area contributed by atoms with Crippen molar-refractivity contribution in [2.75, 3.05) is 20.1 Å². The minimum atomic E-state index is 0.537. The van der Waals surface area contributed by atoms with Gasteiger partial charge in [0.2, 0.25) is 0 Å². The Morgan fingerprint density at radius 2 is 2.18 bits per heavy atom. The van der Waals surface area contributed by atoms with E-state index in [0.717, 1.165) is 17.6 Å². The van der Waals surface area contributed by atoms with Gasteiger partial charge in [-0.2, -0.15) is 0 Å². The standard InChI is InChI=1S/C14H21BrN2/c1-17(11-14(5-6-14)7-8-16)10-12-3-2-4-13(15)9-12/h2-4,9H,5-8,10-11,16H2,1H3. The van der Waals surface area contributed by atoms with Gasteiger partial charge in [0.15, 0.2) is 0 Å². The van der Waals surface area contributed by atoms with Crippen LogP contribution < -0.4 is 5.73 Å². The predicted octanol–water partition coefficient (Wildman–Crippen LogP) is 3.01. The summed E-state index contributed by atoms with van der Waals surface area (Å²) in [6.07, 6.45) is 3.88. The molecule has 2 N–H and O–H groups in total. The van der Waals surface area contributed by atoms with E-state index < -0.39 is 0 Å². The molecular weight excluding hydrogens is 276 g/mol. The van der Waals surface area contributed by atoms with Crippen molar-refractivity contribution < 1.29 is 0 Å². The Hall–Kier alpha value is -0.380. The highest BCUT2D eigenvalue weighted by Crippen LogP contribution is 2.48. The highest BCUT2D eigenvalue weighted by atomic mass is 79.9. The van der Waals surface area contributed by atoms with Gasteiger partial charge in [0, 0.05) is 17.6 Å². The van der Waals surface area contributed by atoms with Gasteiger partial charge >= 0.3 is 0 Å². The summed E-state index contributed by atoms with van der Waals surface area (Å²) in [7, 11) is 2.21. The zero-order valence-electron chi connectivity index (χ0n) is 10.5.